The van der Waals surface area contributed by atoms with Crippen molar-refractivity contribution in [2.75, 3.05) is 0 Å². The zero-order chi connectivity index (χ0) is 18.7. The van der Waals surface area contributed by atoms with Crippen LogP contribution in [0, 0.1) is 13.8 Å². The Kier molecular flexibility index (Phi) is 5.81. The maximum Gasteiger partial charge on any atom is 0.333 e. The van der Waals surface area contributed by atoms with Crippen molar-refractivity contribution < 1.29 is 14.6 Å². The zero-order valence-corrected chi connectivity index (χ0v) is 15.1. The Labute approximate surface area is 145 Å². The monoisotopic (exact) mass is 348 g/mol. The number of H-pyrrole nitrogens is 1. The van der Waals surface area contributed by atoms with Crippen LogP contribution in [-0.2, 0) is 11.5 Å². The van der Waals surface area contributed by atoms with Crippen molar-refractivity contribution in [3.8, 4) is 11.6 Å². The van der Waals surface area contributed by atoms with Crippen LogP contribution in [0.25, 0.3) is 0 Å². The number of ether oxygens (including phenoxy) is 2. The average molecular weight is 348 g/mol. The molecule has 7 heteroatoms. The lowest BCUT2D eigenvalue weighted by Gasteiger charge is -2.19. The van der Waals surface area contributed by atoms with Gasteiger partial charge >= 0.3 is 5.69 Å². The Morgan fingerprint density at radius 3 is 2.44 bits per heavy atom. The zero-order valence-electron chi connectivity index (χ0n) is 15.1. The van der Waals surface area contributed by atoms with E-state index < -0.39 is 17.5 Å². The number of aromatic amines is 1. The number of nitrogens with one attached hydrogen (secondary N) is 1. The van der Waals surface area contributed by atoms with E-state index in [1.54, 1.807) is 6.07 Å². The number of aryl methyl sites for hydroxylation is 2. The number of aliphatic hydroxyl groups is 1. The van der Waals surface area contributed by atoms with Gasteiger partial charge in [0.2, 0.25) is 5.88 Å². The highest BCUT2D eigenvalue weighted by Gasteiger charge is 2.21. The van der Waals surface area contributed by atoms with E-state index in [1.807, 2.05) is 39.8 Å². The number of hydrogen-bond donors (Lipinski definition) is 2. The fourth-order valence-electron chi connectivity index (χ4n) is 2.50. The normalized spacial score (nSPS) is 12.4. The second-order valence-corrected chi connectivity index (χ2v) is 6.33. The van der Waals surface area contributed by atoms with Crippen LogP contribution in [0.3, 0.4) is 0 Å². The molecule has 0 fully saturated rings. The summed E-state index contributed by atoms with van der Waals surface area (Å²) in [7, 11) is 0. The summed E-state index contributed by atoms with van der Waals surface area (Å²) in [5.41, 5.74) is 1.15. The van der Waals surface area contributed by atoms with Crippen molar-refractivity contribution in [2.24, 2.45) is 0 Å². The molecule has 1 aromatic heterocycles. The molecule has 0 bridgehead atoms. The van der Waals surface area contributed by atoms with Crippen molar-refractivity contribution in [1.82, 2.24) is 9.55 Å². The molecule has 1 atom stereocenters. The first kappa shape index (κ1) is 19.0. The topological polar surface area (TPSA) is 93.6 Å². The minimum absolute atomic E-state index is 0.122. The molecule has 0 radical (unpaired) electrons. The van der Waals surface area contributed by atoms with Gasteiger partial charge in [-0.25, -0.2) is 9.36 Å². The molecule has 0 aliphatic rings. The number of nitrogens with zero attached hydrogens (tertiary/aromatic N) is 1. The summed E-state index contributed by atoms with van der Waals surface area (Å²) in [6, 6.07) is 5.63. The largest absolute Gasteiger partial charge is 0.440 e. The fraction of sp³-hybridized carbons (Fsp3) is 0.444. The number of aromatic nitrogens is 2. The van der Waals surface area contributed by atoms with Gasteiger partial charge in [0.25, 0.3) is 5.56 Å². The molecule has 0 saturated carbocycles. The first-order valence-electron chi connectivity index (χ1n) is 8.12. The Bertz CT molecular complexity index is 865. The lowest BCUT2D eigenvalue weighted by molar-refractivity contribution is -0.114. The second kappa shape index (κ2) is 7.67. The van der Waals surface area contributed by atoms with Gasteiger partial charge in [-0.15, -0.1) is 0 Å². The summed E-state index contributed by atoms with van der Waals surface area (Å²) in [4.78, 5) is 26.8. The third-order valence-corrected chi connectivity index (χ3v) is 3.75. The molecule has 1 heterocycles. The van der Waals surface area contributed by atoms with E-state index in [-0.39, 0.29) is 18.5 Å². The molecule has 1 unspecified atom stereocenters. The summed E-state index contributed by atoms with van der Waals surface area (Å²) < 4.78 is 12.3. The van der Waals surface area contributed by atoms with E-state index in [9.17, 15) is 14.7 Å². The summed E-state index contributed by atoms with van der Waals surface area (Å²) >= 11 is 0. The molecule has 0 amide bonds. The summed E-state index contributed by atoms with van der Waals surface area (Å²) in [6.07, 6.45) is -1.06. The molecule has 136 valence electrons. The molecule has 0 aliphatic carbocycles. The van der Waals surface area contributed by atoms with Crippen LogP contribution in [0.4, 0.5) is 0 Å². The maximum absolute atomic E-state index is 12.3. The van der Waals surface area contributed by atoms with Crippen molar-refractivity contribution in [2.45, 2.75) is 53.6 Å². The third kappa shape index (κ3) is 4.37. The number of rotatable bonds is 6. The van der Waals surface area contributed by atoms with E-state index in [0.717, 1.165) is 11.1 Å². The van der Waals surface area contributed by atoms with E-state index in [0.29, 0.717) is 11.3 Å². The Balaban J connectivity index is 2.62. The van der Waals surface area contributed by atoms with Crippen LogP contribution in [0.2, 0.25) is 0 Å². The third-order valence-electron chi connectivity index (χ3n) is 3.75. The molecule has 2 rings (SSSR count). The summed E-state index contributed by atoms with van der Waals surface area (Å²) in [5.74, 6) is 0.488. The highest BCUT2D eigenvalue weighted by molar-refractivity contribution is 5.40. The fourth-order valence-corrected chi connectivity index (χ4v) is 2.50. The maximum atomic E-state index is 12.3. The highest BCUT2D eigenvalue weighted by Crippen LogP contribution is 2.29. The molecule has 1 aromatic carbocycles. The lowest BCUT2D eigenvalue weighted by Crippen LogP contribution is -2.35. The van der Waals surface area contributed by atoms with Gasteiger partial charge in [-0.3, -0.25) is 9.78 Å². The van der Waals surface area contributed by atoms with E-state index in [1.165, 1.54) is 11.5 Å². The Morgan fingerprint density at radius 1 is 1.20 bits per heavy atom. The average Bonchev–Trinajstić information content (AvgIpc) is 2.48. The number of hydrogen-bond acceptors (Lipinski definition) is 5. The van der Waals surface area contributed by atoms with Crippen molar-refractivity contribution in [1.29, 1.82) is 0 Å². The predicted octanol–water partition coefficient (Wildman–Crippen LogP) is 2.38. The number of aliphatic hydroxyl groups excluding tert-OH is 1. The molecule has 2 aromatic rings. The van der Waals surface area contributed by atoms with Crippen LogP contribution < -0.4 is 16.0 Å². The van der Waals surface area contributed by atoms with Gasteiger partial charge in [0.15, 0.2) is 6.29 Å². The number of benzene rings is 1. The van der Waals surface area contributed by atoms with Crippen LogP contribution in [0.5, 0.6) is 11.6 Å². The van der Waals surface area contributed by atoms with Crippen LogP contribution in [-0.4, -0.2) is 20.9 Å². The van der Waals surface area contributed by atoms with Gasteiger partial charge in [-0.2, -0.15) is 0 Å². The summed E-state index contributed by atoms with van der Waals surface area (Å²) in [5, 5.41) is 9.34. The first-order valence-corrected chi connectivity index (χ1v) is 8.12. The smallest absolute Gasteiger partial charge is 0.333 e. The molecule has 0 spiro atoms. The van der Waals surface area contributed by atoms with E-state index >= 15 is 0 Å². The summed E-state index contributed by atoms with van der Waals surface area (Å²) in [6.45, 7) is 8.72. The Hall–Kier alpha value is -2.38. The van der Waals surface area contributed by atoms with Gasteiger partial charge in [0, 0.05) is 0 Å². The SMILES string of the molecule is Cc1ccc(Oc2c(C(C)C)c(=O)[nH]c(=O)n2COC(C)O)c(C)c1. The molecule has 7 nitrogen and oxygen atoms in total. The predicted molar refractivity (Wildman–Crippen MR) is 94.2 cm³/mol. The van der Waals surface area contributed by atoms with Crippen molar-refractivity contribution in [3.05, 3.63) is 55.7 Å². The molecule has 0 aliphatic heterocycles. The molecule has 2 N–H and O–H groups in total. The van der Waals surface area contributed by atoms with Crippen LogP contribution in [0.15, 0.2) is 27.8 Å². The molecular weight excluding hydrogens is 324 g/mol. The van der Waals surface area contributed by atoms with Crippen LogP contribution >= 0.6 is 0 Å². The van der Waals surface area contributed by atoms with Gasteiger partial charge in [0.05, 0.1) is 5.56 Å². The molecule has 0 saturated heterocycles. The van der Waals surface area contributed by atoms with E-state index in [2.05, 4.69) is 4.98 Å². The standard InChI is InChI=1S/C18H24N2O5/c1-10(2)15-16(22)19-18(23)20(9-24-13(5)21)17(15)25-14-7-6-11(3)8-12(14)4/h6-8,10,13,21H,9H2,1-5H3,(H,19,22,23). The second-order valence-electron chi connectivity index (χ2n) is 6.33. The highest BCUT2D eigenvalue weighted by atomic mass is 16.6. The van der Waals surface area contributed by atoms with Crippen LogP contribution in [0.1, 0.15) is 43.4 Å². The van der Waals surface area contributed by atoms with Crippen molar-refractivity contribution in [3.63, 3.8) is 0 Å². The minimum Gasteiger partial charge on any atom is -0.440 e. The first-order chi connectivity index (χ1) is 11.7. The minimum atomic E-state index is -1.06. The molecular formula is C18H24N2O5. The van der Waals surface area contributed by atoms with E-state index in [4.69, 9.17) is 9.47 Å². The molecule has 25 heavy (non-hydrogen) atoms. The van der Waals surface area contributed by atoms with Crippen molar-refractivity contribution >= 4 is 0 Å². The lowest BCUT2D eigenvalue weighted by atomic mass is 10.1. The quantitative estimate of drug-likeness (QED) is 0.782. The van der Waals surface area contributed by atoms with Gasteiger partial charge in [-0.05, 0) is 38.3 Å². The Morgan fingerprint density at radius 2 is 1.88 bits per heavy atom. The van der Waals surface area contributed by atoms with Gasteiger partial charge < -0.3 is 14.6 Å². The van der Waals surface area contributed by atoms with Gasteiger partial charge in [0.1, 0.15) is 12.5 Å². The van der Waals surface area contributed by atoms with Gasteiger partial charge in [-0.1, -0.05) is 31.5 Å².